The van der Waals surface area contributed by atoms with Crippen molar-refractivity contribution in [3.8, 4) is 5.75 Å². The van der Waals surface area contributed by atoms with E-state index in [1.165, 1.54) is 0 Å². The fraction of sp³-hybridized carbons (Fsp3) is 0.250. The number of rotatable bonds is 5. The van der Waals surface area contributed by atoms with Crippen molar-refractivity contribution >= 4 is 15.7 Å². The minimum atomic E-state index is -3.68. The van der Waals surface area contributed by atoms with E-state index in [4.69, 9.17) is 4.74 Å². The quantitative estimate of drug-likeness (QED) is 0.919. The first-order valence-corrected chi connectivity index (χ1v) is 8.23. The molecule has 0 atom stereocenters. The first-order valence-electron chi connectivity index (χ1n) is 6.75. The van der Waals surface area contributed by atoms with Crippen molar-refractivity contribution in [2.24, 2.45) is 0 Å². The summed E-state index contributed by atoms with van der Waals surface area (Å²) in [4.78, 5) is 0.157. The third kappa shape index (κ3) is 3.76. The highest BCUT2D eigenvalue weighted by Gasteiger charge is 2.20. The van der Waals surface area contributed by atoms with Crippen LogP contribution in [0.3, 0.4) is 0 Å². The molecule has 0 spiro atoms. The van der Waals surface area contributed by atoms with Gasteiger partial charge >= 0.3 is 0 Å². The normalized spacial score (nSPS) is 11.2. The molecule has 0 bridgehead atoms. The van der Waals surface area contributed by atoms with Gasteiger partial charge in [0.05, 0.1) is 6.61 Å². The van der Waals surface area contributed by atoms with E-state index in [-0.39, 0.29) is 4.90 Å². The van der Waals surface area contributed by atoms with Gasteiger partial charge in [-0.25, -0.2) is 8.42 Å². The van der Waals surface area contributed by atoms with E-state index in [0.717, 1.165) is 11.1 Å². The predicted molar refractivity (Wildman–Crippen MR) is 84.3 cm³/mol. The Bertz CT molecular complexity index is 722. The Hall–Kier alpha value is -2.01. The van der Waals surface area contributed by atoms with Crippen LogP contribution < -0.4 is 9.46 Å². The van der Waals surface area contributed by atoms with Crippen LogP contribution in [0.2, 0.25) is 0 Å². The summed E-state index contributed by atoms with van der Waals surface area (Å²) in [5, 5.41) is 0. The van der Waals surface area contributed by atoms with Crippen molar-refractivity contribution in [2.45, 2.75) is 25.7 Å². The fourth-order valence-corrected chi connectivity index (χ4v) is 3.22. The number of nitrogens with one attached hydrogen (secondary N) is 1. The minimum Gasteiger partial charge on any atom is -0.492 e. The minimum absolute atomic E-state index is 0.157. The lowest BCUT2D eigenvalue weighted by Gasteiger charge is -2.13. The lowest BCUT2D eigenvalue weighted by Crippen LogP contribution is -2.14. The number of ether oxygens (including phenoxy) is 1. The molecule has 0 unspecified atom stereocenters. The fourth-order valence-electron chi connectivity index (χ4n) is 1.93. The van der Waals surface area contributed by atoms with E-state index in [1.54, 1.807) is 24.3 Å². The highest BCUT2D eigenvalue weighted by Crippen LogP contribution is 2.27. The van der Waals surface area contributed by atoms with Gasteiger partial charge in [0.1, 0.15) is 10.6 Å². The van der Waals surface area contributed by atoms with E-state index in [0.29, 0.717) is 18.0 Å². The highest BCUT2D eigenvalue weighted by atomic mass is 32.2. The predicted octanol–water partition coefficient (Wildman–Crippen LogP) is 3.50. The molecule has 0 aromatic heterocycles. The summed E-state index contributed by atoms with van der Waals surface area (Å²) in [6.45, 7) is 6.03. The molecule has 21 heavy (non-hydrogen) atoms. The molecule has 2 rings (SSSR count). The standard InChI is InChI=1S/C16H19NO3S/c1-4-20-15-10-7-13(3)11-16(15)21(18,19)17-14-8-5-12(2)6-9-14/h5-11,17H,4H2,1-3H3. The average Bonchev–Trinajstić information content (AvgIpc) is 2.43. The molecule has 0 fully saturated rings. The maximum absolute atomic E-state index is 12.5. The largest absolute Gasteiger partial charge is 0.492 e. The zero-order chi connectivity index (χ0) is 15.5. The Morgan fingerprint density at radius 3 is 2.24 bits per heavy atom. The van der Waals surface area contributed by atoms with Crippen molar-refractivity contribution in [3.63, 3.8) is 0 Å². The molecule has 0 amide bonds. The Kier molecular flexibility index (Phi) is 4.53. The molecule has 2 aromatic carbocycles. The molecule has 0 saturated carbocycles. The summed E-state index contributed by atoms with van der Waals surface area (Å²) >= 11 is 0. The molecule has 0 aliphatic heterocycles. The van der Waals surface area contributed by atoms with Gasteiger partial charge in [0.2, 0.25) is 0 Å². The van der Waals surface area contributed by atoms with Gasteiger partial charge in [-0.2, -0.15) is 0 Å². The molecule has 112 valence electrons. The molecule has 0 aliphatic carbocycles. The van der Waals surface area contributed by atoms with Crippen LogP contribution >= 0.6 is 0 Å². The van der Waals surface area contributed by atoms with Gasteiger partial charge in [-0.1, -0.05) is 23.8 Å². The number of benzene rings is 2. The number of aryl methyl sites for hydroxylation is 2. The molecule has 4 nitrogen and oxygen atoms in total. The first-order chi connectivity index (χ1) is 9.92. The molecule has 0 saturated heterocycles. The average molecular weight is 305 g/mol. The van der Waals surface area contributed by atoms with Gasteiger partial charge in [-0.05, 0) is 50.6 Å². The number of sulfonamides is 1. The van der Waals surface area contributed by atoms with Crippen LogP contribution in [-0.4, -0.2) is 15.0 Å². The summed E-state index contributed by atoms with van der Waals surface area (Å²) in [5.41, 5.74) is 2.47. The Labute approximate surface area is 125 Å². The molecule has 0 radical (unpaired) electrons. The van der Waals surface area contributed by atoms with Gasteiger partial charge in [0.25, 0.3) is 10.0 Å². The monoisotopic (exact) mass is 305 g/mol. The maximum Gasteiger partial charge on any atom is 0.265 e. The molecule has 1 N–H and O–H groups in total. The second-order valence-electron chi connectivity index (χ2n) is 4.85. The Balaban J connectivity index is 2.39. The smallest absolute Gasteiger partial charge is 0.265 e. The van der Waals surface area contributed by atoms with Gasteiger partial charge in [-0.3, -0.25) is 4.72 Å². The van der Waals surface area contributed by atoms with E-state index in [1.807, 2.05) is 39.0 Å². The Morgan fingerprint density at radius 2 is 1.62 bits per heavy atom. The second kappa shape index (κ2) is 6.18. The lowest BCUT2D eigenvalue weighted by molar-refractivity contribution is 0.331. The van der Waals surface area contributed by atoms with Crippen molar-refractivity contribution in [1.29, 1.82) is 0 Å². The summed E-state index contributed by atoms with van der Waals surface area (Å²) in [6, 6.07) is 12.3. The third-order valence-corrected chi connectivity index (χ3v) is 4.39. The topological polar surface area (TPSA) is 55.4 Å². The number of hydrogen-bond acceptors (Lipinski definition) is 3. The van der Waals surface area contributed by atoms with E-state index >= 15 is 0 Å². The molecule has 5 heteroatoms. The van der Waals surface area contributed by atoms with Gasteiger partial charge in [-0.15, -0.1) is 0 Å². The third-order valence-electron chi connectivity index (χ3n) is 2.99. The van der Waals surface area contributed by atoms with Crippen molar-refractivity contribution in [2.75, 3.05) is 11.3 Å². The van der Waals surface area contributed by atoms with Crippen LogP contribution in [0.1, 0.15) is 18.1 Å². The zero-order valence-electron chi connectivity index (χ0n) is 12.4. The van der Waals surface area contributed by atoms with E-state index in [2.05, 4.69) is 4.72 Å². The van der Waals surface area contributed by atoms with Crippen molar-refractivity contribution in [1.82, 2.24) is 0 Å². The molecule has 0 aliphatic rings. The summed E-state index contributed by atoms with van der Waals surface area (Å²) < 4.78 is 33.1. The Morgan fingerprint density at radius 1 is 1.00 bits per heavy atom. The second-order valence-corrected chi connectivity index (χ2v) is 6.51. The summed E-state index contributed by atoms with van der Waals surface area (Å²) in [5.74, 6) is 0.364. The first kappa shape index (κ1) is 15.4. The molecule has 2 aromatic rings. The zero-order valence-corrected chi connectivity index (χ0v) is 13.2. The summed E-state index contributed by atoms with van der Waals surface area (Å²) in [7, 11) is -3.68. The van der Waals surface area contributed by atoms with Crippen LogP contribution in [0.4, 0.5) is 5.69 Å². The van der Waals surface area contributed by atoms with Crippen molar-refractivity contribution < 1.29 is 13.2 Å². The van der Waals surface area contributed by atoms with Gasteiger partial charge in [0.15, 0.2) is 0 Å². The lowest BCUT2D eigenvalue weighted by atomic mass is 10.2. The molecular formula is C16H19NO3S. The summed E-state index contributed by atoms with van der Waals surface area (Å²) in [6.07, 6.45) is 0. The van der Waals surface area contributed by atoms with Crippen LogP contribution in [0, 0.1) is 13.8 Å². The van der Waals surface area contributed by atoms with E-state index in [9.17, 15) is 8.42 Å². The molecule has 0 heterocycles. The SMILES string of the molecule is CCOc1ccc(C)cc1S(=O)(=O)Nc1ccc(C)cc1. The van der Waals surface area contributed by atoms with Crippen molar-refractivity contribution in [3.05, 3.63) is 53.6 Å². The van der Waals surface area contributed by atoms with Crippen LogP contribution in [0.15, 0.2) is 47.4 Å². The van der Waals surface area contributed by atoms with Crippen LogP contribution in [-0.2, 0) is 10.0 Å². The van der Waals surface area contributed by atoms with Crippen LogP contribution in [0.5, 0.6) is 5.75 Å². The van der Waals surface area contributed by atoms with Gasteiger partial charge < -0.3 is 4.74 Å². The maximum atomic E-state index is 12.5. The molecular weight excluding hydrogens is 286 g/mol. The number of anilines is 1. The van der Waals surface area contributed by atoms with Crippen LogP contribution in [0.25, 0.3) is 0 Å². The number of hydrogen-bond donors (Lipinski definition) is 1. The van der Waals surface area contributed by atoms with Gasteiger partial charge in [0, 0.05) is 5.69 Å². The highest BCUT2D eigenvalue weighted by molar-refractivity contribution is 7.92. The van der Waals surface area contributed by atoms with E-state index < -0.39 is 10.0 Å².